The van der Waals surface area contributed by atoms with Crippen LogP contribution in [0.15, 0.2) is 35.4 Å². The van der Waals surface area contributed by atoms with E-state index in [1.807, 2.05) is 18.2 Å². The molecule has 0 aliphatic heterocycles. The van der Waals surface area contributed by atoms with Gasteiger partial charge >= 0.3 is 0 Å². The summed E-state index contributed by atoms with van der Waals surface area (Å²) >= 11 is 0. The Hall–Kier alpha value is -1.90. The van der Waals surface area contributed by atoms with Crippen molar-refractivity contribution in [3.05, 3.63) is 35.9 Å². The minimum Gasteiger partial charge on any atom is -0.261 e. The van der Waals surface area contributed by atoms with E-state index in [0.29, 0.717) is 0 Å². The SMILES string of the molecule is Cc1cc(NN=C2CCCC2)nc2ccccc12. The van der Waals surface area contributed by atoms with Crippen LogP contribution in [0.5, 0.6) is 0 Å². The van der Waals surface area contributed by atoms with Crippen molar-refractivity contribution in [3.63, 3.8) is 0 Å². The lowest BCUT2D eigenvalue weighted by atomic mass is 10.1. The van der Waals surface area contributed by atoms with Gasteiger partial charge in [0.1, 0.15) is 5.82 Å². The topological polar surface area (TPSA) is 37.3 Å². The molecule has 0 spiro atoms. The van der Waals surface area contributed by atoms with E-state index in [9.17, 15) is 0 Å². The van der Waals surface area contributed by atoms with Gasteiger partial charge < -0.3 is 0 Å². The van der Waals surface area contributed by atoms with E-state index in [1.54, 1.807) is 0 Å². The van der Waals surface area contributed by atoms with Crippen LogP contribution in [0.2, 0.25) is 0 Å². The number of anilines is 1. The van der Waals surface area contributed by atoms with Crippen LogP contribution in [0.4, 0.5) is 5.82 Å². The zero-order valence-electron chi connectivity index (χ0n) is 10.6. The second kappa shape index (κ2) is 4.77. The predicted octanol–water partition coefficient (Wildman–Crippen LogP) is 3.89. The smallest absolute Gasteiger partial charge is 0.147 e. The maximum atomic E-state index is 4.58. The fourth-order valence-corrected chi connectivity index (χ4v) is 2.44. The number of pyridine rings is 1. The Morgan fingerprint density at radius 1 is 1.17 bits per heavy atom. The van der Waals surface area contributed by atoms with E-state index in [4.69, 9.17) is 0 Å². The van der Waals surface area contributed by atoms with Gasteiger partial charge in [-0.2, -0.15) is 5.10 Å². The number of fused-ring (bicyclic) bond motifs is 1. The van der Waals surface area contributed by atoms with Gasteiger partial charge in [0.2, 0.25) is 0 Å². The number of hydrogen-bond acceptors (Lipinski definition) is 3. The molecular weight excluding hydrogens is 222 g/mol. The average Bonchev–Trinajstić information content (AvgIpc) is 2.90. The third-order valence-corrected chi connectivity index (χ3v) is 3.43. The Morgan fingerprint density at radius 3 is 2.78 bits per heavy atom. The second-order valence-electron chi connectivity index (χ2n) is 4.84. The normalized spacial score (nSPS) is 15.1. The molecule has 18 heavy (non-hydrogen) atoms. The molecular formula is C15H17N3. The number of aryl methyl sites for hydroxylation is 1. The molecule has 3 nitrogen and oxygen atoms in total. The van der Waals surface area contributed by atoms with Gasteiger partial charge in [-0.25, -0.2) is 4.98 Å². The third kappa shape index (κ3) is 2.21. The van der Waals surface area contributed by atoms with Gasteiger partial charge in [-0.3, -0.25) is 5.43 Å². The van der Waals surface area contributed by atoms with Gasteiger partial charge in [0.05, 0.1) is 5.52 Å². The molecule has 1 fully saturated rings. The van der Waals surface area contributed by atoms with Gasteiger partial charge in [-0.05, 0) is 50.3 Å². The predicted molar refractivity (Wildman–Crippen MR) is 76.0 cm³/mol. The van der Waals surface area contributed by atoms with Gasteiger partial charge in [0, 0.05) is 11.1 Å². The summed E-state index contributed by atoms with van der Waals surface area (Å²) in [5.41, 5.74) is 6.61. The minimum absolute atomic E-state index is 0.839. The largest absolute Gasteiger partial charge is 0.261 e. The van der Waals surface area contributed by atoms with E-state index in [1.165, 1.54) is 29.5 Å². The van der Waals surface area contributed by atoms with Crippen LogP contribution >= 0.6 is 0 Å². The molecule has 3 heteroatoms. The number of nitrogens with zero attached hydrogens (tertiary/aromatic N) is 2. The molecule has 0 radical (unpaired) electrons. The van der Waals surface area contributed by atoms with Crippen molar-refractivity contribution in [2.75, 3.05) is 5.43 Å². The van der Waals surface area contributed by atoms with Crippen LogP contribution in [0.1, 0.15) is 31.2 Å². The molecule has 1 aliphatic rings. The third-order valence-electron chi connectivity index (χ3n) is 3.43. The quantitative estimate of drug-likeness (QED) is 0.807. The highest BCUT2D eigenvalue weighted by Gasteiger charge is 2.08. The van der Waals surface area contributed by atoms with Crippen LogP contribution < -0.4 is 5.43 Å². The molecule has 92 valence electrons. The highest BCUT2D eigenvalue weighted by Crippen LogP contribution is 2.20. The second-order valence-corrected chi connectivity index (χ2v) is 4.84. The molecule has 1 heterocycles. The monoisotopic (exact) mass is 239 g/mol. The van der Waals surface area contributed by atoms with Gasteiger partial charge in [0.25, 0.3) is 0 Å². The summed E-state index contributed by atoms with van der Waals surface area (Å²) in [7, 11) is 0. The van der Waals surface area contributed by atoms with Crippen LogP contribution in [0.25, 0.3) is 10.9 Å². The molecule has 1 saturated carbocycles. The standard InChI is InChI=1S/C15H17N3/c1-11-10-15(18-17-12-6-2-3-7-12)16-14-9-5-4-8-13(11)14/h4-5,8-10H,2-3,6-7H2,1H3,(H,16,18). The van der Waals surface area contributed by atoms with Crippen molar-refractivity contribution >= 4 is 22.4 Å². The van der Waals surface area contributed by atoms with Crippen molar-refractivity contribution in [2.45, 2.75) is 32.6 Å². The van der Waals surface area contributed by atoms with E-state index in [0.717, 1.165) is 24.2 Å². The molecule has 1 aliphatic carbocycles. The van der Waals surface area contributed by atoms with E-state index in [2.05, 4.69) is 34.6 Å². The average molecular weight is 239 g/mol. The van der Waals surface area contributed by atoms with Crippen molar-refractivity contribution in [2.24, 2.45) is 5.10 Å². The Labute approximate surface area is 107 Å². The lowest BCUT2D eigenvalue weighted by molar-refractivity contribution is 0.886. The van der Waals surface area contributed by atoms with E-state index in [-0.39, 0.29) is 0 Å². The number of hydrazone groups is 1. The highest BCUT2D eigenvalue weighted by atomic mass is 15.3. The fraction of sp³-hybridized carbons (Fsp3) is 0.333. The first-order valence-corrected chi connectivity index (χ1v) is 6.51. The lowest BCUT2D eigenvalue weighted by Crippen LogP contribution is -1.99. The Kier molecular flexibility index (Phi) is 2.97. The Morgan fingerprint density at radius 2 is 1.94 bits per heavy atom. The van der Waals surface area contributed by atoms with Crippen LogP contribution in [-0.2, 0) is 0 Å². The van der Waals surface area contributed by atoms with E-state index < -0.39 is 0 Å². The molecule has 0 bridgehead atoms. The zero-order chi connectivity index (χ0) is 12.4. The Bertz CT molecular complexity index is 594. The zero-order valence-corrected chi connectivity index (χ0v) is 10.6. The van der Waals surface area contributed by atoms with Crippen molar-refractivity contribution in [1.82, 2.24) is 4.98 Å². The first kappa shape index (κ1) is 11.2. The molecule has 2 aromatic rings. The molecule has 3 rings (SSSR count). The number of aromatic nitrogens is 1. The molecule has 1 aromatic heterocycles. The van der Waals surface area contributed by atoms with Gasteiger partial charge in [0.15, 0.2) is 0 Å². The highest BCUT2D eigenvalue weighted by molar-refractivity contribution is 5.87. The molecule has 0 unspecified atom stereocenters. The van der Waals surface area contributed by atoms with Gasteiger partial charge in [-0.15, -0.1) is 0 Å². The minimum atomic E-state index is 0.839. The summed E-state index contributed by atoms with van der Waals surface area (Å²) in [5, 5.41) is 5.65. The summed E-state index contributed by atoms with van der Waals surface area (Å²) in [6.07, 6.45) is 4.79. The van der Waals surface area contributed by atoms with Crippen molar-refractivity contribution in [1.29, 1.82) is 0 Å². The summed E-state index contributed by atoms with van der Waals surface area (Å²) < 4.78 is 0. The molecule has 1 N–H and O–H groups in total. The number of benzene rings is 1. The lowest BCUT2D eigenvalue weighted by Gasteiger charge is -2.06. The number of hydrogen-bond donors (Lipinski definition) is 1. The summed E-state index contributed by atoms with van der Waals surface area (Å²) in [6, 6.07) is 10.3. The maximum Gasteiger partial charge on any atom is 0.147 e. The summed E-state index contributed by atoms with van der Waals surface area (Å²) in [6.45, 7) is 2.11. The number of rotatable bonds is 2. The fourth-order valence-electron chi connectivity index (χ4n) is 2.44. The molecule has 0 atom stereocenters. The number of nitrogens with one attached hydrogen (secondary N) is 1. The summed E-state index contributed by atoms with van der Waals surface area (Å²) in [5.74, 6) is 0.839. The molecule has 0 saturated heterocycles. The number of para-hydroxylation sites is 1. The molecule has 0 amide bonds. The van der Waals surface area contributed by atoms with Crippen molar-refractivity contribution in [3.8, 4) is 0 Å². The van der Waals surface area contributed by atoms with Gasteiger partial charge in [-0.1, -0.05) is 18.2 Å². The first-order chi connectivity index (χ1) is 8.83. The van der Waals surface area contributed by atoms with E-state index >= 15 is 0 Å². The Balaban J connectivity index is 1.90. The maximum absolute atomic E-state index is 4.58. The first-order valence-electron chi connectivity index (χ1n) is 6.51. The summed E-state index contributed by atoms with van der Waals surface area (Å²) in [4.78, 5) is 4.58. The van der Waals surface area contributed by atoms with Crippen LogP contribution in [-0.4, -0.2) is 10.7 Å². The van der Waals surface area contributed by atoms with Crippen LogP contribution in [0, 0.1) is 6.92 Å². The van der Waals surface area contributed by atoms with Crippen LogP contribution in [0.3, 0.4) is 0 Å². The molecule has 1 aromatic carbocycles. The van der Waals surface area contributed by atoms with Crippen molar-refractivity contribution < 1.29 is 0 Å².